The molecule has 0 aliphatic heterocycles. The second-order valence-corrected chi connectivity index (χ2v) is 3.45. The molecular formula is C9H14ClN3O. The Labute approximate surface area is 88.2 Å². The lowest BCUT2D eigenvalue weighted by atomic mass is 10.2. The smallest absolute Gasteiger partial charge is 0.225 e. The van der Waals surface area contributed by atoms with E-state index in [0.717, 1.165) is 12.8 Å². The molecular weight excluding hydrogens is 202 g/mol. The van der Waals surface area contributed by atoms with Crippen LogP contribution < -0.4 is 5.32 Å². The highest BCUT2D eigenvalue weighted by Gasteiger charge is 2.03. The number of anilines is 1. The van der Waals surface area contributed by atoms with Gasteiger partial charge in [0, 0.05) is 31.6 Å². The molecule has 5 heteroatoms. The number of unbranched alkanes of at least 4 members (excludes halogenated alkanes) is 1. The third kappa shape index (κ3) is 3.79. The van der Waals surface area contributed by atoms with Gasteiger partial charge in [-0.15, -0.1) is 11.6 Å². The average Bonchev–Trinajstić information content (AvgIpc) is 2.52. The van der Waals surface area contributed by atoms with Crippen molar-refractivity contribution in [1.29, 1.82) is 0 Å². The van der Waals surface area contributed by atoms with Crippen LogP contribution in [0.4, 0.5) is 5.82 Å². The van der Waals surface area contributed by atoms with Crippen molar-refractivity contribution in [1.82, 2.24) is 9.78 Å². The van der Waals surface area contributed by atoms with E-state index in [4.69, 9.17) is 11.6 Å². The van der Waals surface area contributed by atoms with Crippen LogP contribution >= 0.6 is 11.6 Å². The van der Waals surface area contributed by atoms with Gasteiger partial charge in [0.1, 0.15) is 0 Å². The minimum atomic E-state index is -0.00573. The maximum Gasteiger partial charge on any atom is 0.225 e. The molecule has 1 amide bonds. The molecule has 0 aromatic carbocycles. The summed E-state index contributed by atoms with van der Waals surface area (Å²) in [5.41, 5.74) is 0. The maximum absolute atomic E-state index is 11.3. The minimum Gasteiger partial charge on any atom is -0.309 e. The van der Waals surface area contributed by atoms with Gasteiger partial charge in [-0.1, -0.05) is 0 Å². The van der Waals surface area contributed by atoms with Crippen molar-refractivity contribution in [2.75, 3.05) is 11.2 Å². The number of nitrogens with zero attached hydrogens (tertiary/aromatic N) is 2. The van der Waals surface area contributed by atoms with Gasteiger partial charge in [-0.3, -0.25) is 9.48 Å². The molecule has 14 heavy (non-hydrogen) atoms. The summed E-state index contributed by atoms with van der Waals surface area (Å²) in [5, 5.41) is 6.75. The van der Waals surface area contributed by atoms with Crippen LogP contribution in [-0.4, -0.2) is 21.6 Å². The van der Waals surface area contributed by atoms with Crippen LogP contribution in [0.15, 0.2) is 12.3 Å². The van der Waals surface area contributed by atoms with Crippen LogP contribution in [0.5, 0.6) is 0 Å². The summed E-state index contributed by atoms with van der Waals surface area (Å²) in [5.74, 6) is 1.20. The van der Waals surface area contributed by atoms with E-state index in [1.807, 2.05) is 7.05 Å². The first-order valence-electron chi connectivity index (χ1n) is 4.58. The highest BCUT2D eigenvalue weighted by molar-refractivity contribution is 6.17. The second-order valence-electron chi connectivity index (χ2n) is 3.07. The van der Waals surface area contributed by atoms with Gasteiger partial charge >= 0.3 is 0 Å². The molecule has 0 aliphatic rings. The fourth-order valence-corrected chi connectivity index (χ4v) is 1.26. The summed E-state index contributed by atoms with van der Waals surface area (Å²) in [7, 11) is 1.81. The Morgan fingerprint density at radius 1 is 1.64 bits per heavy atom. The van der Waals surface area contributed by atoms with E-state index in [1.54, 1.807) is 16.9 Å². The number of hydrogen-bond donors (Lipinski definition) is 1. The molecule has 0 aliphatic carbocycles. The summed E-state index contributed by atoms with van der Waals surface area (Å²) in [6, 6.07) is 1.76. The number of hydrogen-bond acceptors (Lipinski definition) is 2. The van der Waals surface area contributed by atoms with Crippen molar-refractivity contribution >= 4 is 23.3 Å². The summed E-state index contributed by atoms with van der Waals surface area (Å²) >= 11 is 5.50. The van der Waals surface area contributed by atoms with Crippen LogP contribution in [-0.2, 0) is 11.8 Å². The molecule has 4 nitrogen and oxygen atoms in total. The van der Waals surface area contributed by atoms with Gasteiger partial charge in [-0.25, -0.2) is 0 Å². The van der Waals surface area contributed by atoms with Crippen molar-refractivity contribution in [2.24, 2.45) is 7.05 Å². The number of amides is 1. The predicted octanol–water partition coefficient (Wildman–Crippen LogP) is 1.77. The molecule has 0 atom stereocenters. The first kappa shape index (κ1) is 11.0. The highest BCUT2D eigenvalue weighted by atomic mass is 35.5. The Morgan fingerprint density at radius 2 is 2.43 bits per heavy atom. The zero-order valence-electron chi connectivity index (χ0n) is 8.16. The Kier molecular flexibility index (Phi) is 4.46. The molecule has 0 fully saturated rings. The molecule has 78 valence electrons. The first-order valence-corrected chi connectivity index (χ1v) is 5.11. The van der Waals surface area contributed by atoms with Gasteiger partial charge in [0.2, 0.25) is 5.91 Å². The SMILES string of the molecule is Cn1ccc(NC(=O)CCCCCl)n1. The minimum absolute atomic E-state index is 0.00573. The molecule has 0 spiro atoms. The van der Waals surface area contributed by atoms with E-state index in [1.165, 1.54) is 0 Å². The lowest BCUT2D eigenvalue weighted by Crippen LogP contribution is -2.11. The molecule has 1 aromatic heterocycles. The van der Waals surface area contributed by atoms with Gasteiger partial charge in [0.05, 0.1) is 0 Å². The Bertz CT molecular complexity index is 298. The normalized spacial score (nSPS) is 10.1. The zero-order chi connectivity index (χ0) is 10.4. The quantitative estimate of drug-likeness (QED) is 0.601. The summed E-state index contributed by atoms with van der Waals surface area (Å²) in [6.45, 7) is 0. The van der Waals surface area contributed by atoms with Crippen LogP contribution in [0, 0.1) is 0 Å². The van der Waals surface area contributed by atoms with E-state index < -0.39 is 0 Å². The number of halogens is 1. The van der Waals surface area contributed by atoms with Crippen molar-refractivity contribution < 1.29 is 4.79 Å². The molecule has 1 aromatic rings. The van der Waals surface area contributed by atoms with Gasteiger partial charge in [-0.2, -0.15) is 5.10 Å². The number of aromatic nitrogens is 2. The fraction of sp³-hybridized carbons (Fsp3) is 0.556. The molecule has 0 saturated carbocycles. The highest BCUT2D eigenvalue weighted by Crippen LogP contribution is 2.04. The fourth-order valence-electron chi connectivity index (χ4n) is 1.07. The topological polar surface area (TPSA) is 46.9 Å². The number of alkyl halides is 1. The molecule has 1 rings (SSSR count). The number of aryl methyl sites for hydroxylation is 1. The predicted molar refractivity (Wildman–Crippen MR) is 56.4 cm³/mol. The van der Waals surface area contributed by atoms with Crippen molar-refractivity contribution in [3.05, 3.63) is 12.3 Å². The van der Waals surface area contributed by atoms with Crippen LogP contribution in [0.25, 0.3) is 0 Å². The van der Waals surface area contributed by atoms with Crippen LogP contribution in [0.2, 0.25) is 0 Å². The largest absolute Gasteiger partial charge is 0.309 e. The number of carbonyl (C=O) groups excluding carboxylic acids is 1. The lowest BCUT2D eigenvalue weighted by Gasteiger charge is -2.00. The van der Waals surface area contributed by atoms with Gasteiger partial charge in [0.15, 0.2) is 5.82 Å². The summed E-state index contributed by atoms with van der Waals surface area (Å²) in [4.78, 5) is 11.3. The monoisotopic (exact) mass is 215 g/mol. The van der Waals surface area contributed by atoms with E-state index in [-0.39, 0.29) is 5.91 Å². The Morgan fingerprint density at radius 3 is 3.00 bits per heavy atom. The molecule has 0 saturated heterocycles. The van der Waals surface area contributed by atoms with Crippen molar-refractivity contribution in [3.63, 3.8) is 0 Å². The molecule has 0 unspecified atom stereocenters. The zero-order valence-corrected chi connectivity index (χ0v) is 8.92. The molecule has 1 N–H and O–H groups in total. The second kappa shape index (κ2) is 5.65. The summed E-state index contributed by atoms with van der Waals surface area (Å²) in [6.07, 6.45) is 3.98. The first-order chi connectivity index (χ1) is 6.72. The number of nitrogens with one attached hydrogen (secondary N) is 1. The standard InChI is InChI=1S/C9H14ClN3O/c1-13-7-5-8(12-13)11-9(14)4-2-3-6-10/h5,7H,2-4,6H2,1H3,(H,11,12,14). The summed E-state index contributed by atoms with van der Waals surface area (Å²) < 4.78 is 1.65. The average molecular weight is 216 g/mol. The molecule has 1 heterocycles. The van der Waals surface area contributed by atoms with Crippen LogP contribution in [0.1, 0.15) is 19.3 Å². The van der Waals surface area contributed by atoms with Gasteiger partial charge in [0.25, 0.3) is 0 Å². The molecule has 0 bridgehead atoms. The Hall–Kier alpha value is -1.03. The van der Waals surface area contributed by atoms with Gasteiger partial charge in [-0.05, 0) is 12.8 Å². The third-order valence-corrected chi connectivity index (χ3v) is 2.04. The lowest BCUT2D eigenvalue weighted by molar-refractivity contribution is -0.116. The van der Waals surface area contributed by atoms with Crippen molar-refractivity contribution in [2.45, 2.75) is 19.3 Å². The van der Waals surface area contributed by atoms with Crippen molar-refractivity contribution in [3.8, 4) is 0 Å². The third-order valence-electron chi connectivity index (χ3n) is 1.77. The Balaban J connectivity index is 2.27. The molecule has 0 radical (unpaired) electrons. The number of carbonyl (C=O) groups is 1. The van der Waals surface area contributed by atoms with E-state index >= 15 is 0 Å². The van der Waals surface area contributed by atoms with E-state index in [0.29, 0.717) is 18.1 Å². The van der Waals surface area contributed by atoms with E-state index in [2.05, 4.69) is 10.4 Å². The van der Waals surface area contributed by atoms with Crippen LogP contribution in [0.3, 0.4) is 0 Å². The number of rotatable bonds is 5. The maximum atomic E-state index is 11.3. The van der Waals surface area contributed by atoms with Gasteiger partial charge < -0.3 is 5.32 Å². The van der Waals surface area contributed by atoms with E-state index in [9.17, 15) is 4.79 Å².